The third-order valence-corrected chi connectivity index (χ3v) is 2.26. The number of nitrogens with two attached hydrogens (primary N) is 1. The molecule has 0 fully saturated rings. The normalized spacial score (nSPS) is 22.9. The molecule has 4 heteroatoms. The minimum Gasteiger partial charge on any atom is -0.323 e. The molecule has 1 aliphatic heterocycles. The molecule has 1 aliphatic rings. The predicted octanol–water partition coefficient (Wildman–Crippen LogP) is -0.266. The molecule has 70 valence electrons. The lowest BCUT2D eigenvalue weighted by molar-refractivity contribution is 0.655. The third-order valence-electron chi connectivity index (χ3n) is 2.26. The summed E-state index contributed by atoms with van der Waals surface area (Å²) in [5.41, 5.74) is 8.19. The van der Waals surface area contributed by atoms with Gasteiger partial charge in [0.15, 0.2) is 0 Å². The molecule has 4 nitrogen and oxygen atoms in total. The molecule has 0 aromatic carbocycles. The first kappa shape index (κ1) is 8.47. The zero-order chi connectivity index (χ0) is 9.26. The van der Waals surface area contributed by atoms with Crippen molar-refractivity contribution in [2.24, 2.45) is 12.8 Å². The molecular weight excluding hydrogens is 164 g/mol. The van der Waals surface area contributed by atoms with Gasteiger partial charge in [-0.2, -0.15) is 5.10 Å². The Kier molecular flexibility index (Phi) is 2.16. The Morgan fingerprint density at radius 2 is 2.54 bits per heavy atom. The highest BCUT2D eigenvalue weighted by Gasteiger charge is 2.12. The zero-order valence-electron chi connectivity index (χ0n) is 7.70. The molecule has 2 heterocycles. The van der Waals surface area contributed by atoms with Crippen molar-refractivity contribution in [2.75, 3.05) is 13.1 Å². The number of rotatable bonds is 1. The highest BCUT2D eigenvalue weighted by Crippen LogP contribution is 2.14. The Bertz CT molecular complexity index is 326. The topological polar surface area (TPSA) is 55.9 Å². The van der Waals surface area contributed by atoms with Gasteiger partial charge in [0.05, 0.1) is 5.69 Å². The molecular formula is C9H14N4. The number of hydrogen-bond acceptors (Lipinski definition) is 3. The predicted molar refractivity (Wildman–Crippen MR) is 52.0 cm³/mol. The molecule has 1 aromatic rings. The Morgan fingerprint density at radius 1 is 1.69 bits per heavy atom. The first-order valence-electron chi connectivity index (χ1n) is 4.43. The summed E-state index contributed by atoms with van der Waals surface area (Å²) in [6, 6.07) is 2.13. The number of aromatic nitrogens is 2. The van der Waals surface area contributed by atoms with Crippen LogP contribution in [0.3, 0.4) is 0 Å². The summed E-state index contributed by atoms with van der Waals surface area (Å²) in [6.07, 6.45) is 3.91. The smallest absolute Gasteiger partial charge is 0.0648 e. The molecule has 3 N–H and O–H groups in total. The number of aryl methyl sites for hydroxylation is 1. The van der Waals surface area contributed by atoms with Gasteiger partial charge in [-0.15, -0.1) is 0 Å². The first-order valence-corrected chi connectivity index (χ1v) is 4.43. The van der Waals surface area contributed by atoms with Crippen LogP contribution < -0.4 is 11.1 Å². The van der Waals surface area contributed by atoms with E-state index in [0.717, 1.165) is 18.8 Å². The van der Waals surface area contributed by atoms with Crippen LogP contribution in [-0.4, -0.2) is 28.9 Å². The Labute approximate surface area is 77.4 Å². The fourth-order valence-electron chi connectivity index (χ4n) is 1.61. The van der Waals surface area contributed by atoms with Gasteiger partial charge >= 0.3 is 0 Å². The largest absolute Gasteiger partial charge is 0.323 e. The van der Waals surface area contributed by atoms with E-state index in [4.69, 9.17) is 5.73 Å². The summed E-state index contributed by atoms with van der Waals surface area (Å²) in [7, 11) is 1.94. The fourth-order valence-corrected chi connectivity index (χ4v) is 1.61. The molecule has 0 spiro atoms. The maximum atomic E-state index is 5.81. The summed E-state index contributed by atoms with van der Waals surface area (Å²) in [5, 5.41) is 7.39. The van der Waals surface area contributed by atoms with E-state index in [-0.39, 0.29) is 6.04 Å². The Hall–Kier alpha value is -1.13. The van der Waals surface area contributed by atoms with E-state index >= 15 is 0 Å². The lowest BCUT2D eigenvalue weighted by atomic mass is 10.1. The van der Waals surface area contributed by atoms with E-state index in [1.807, 2.05) is 17.8 Å². The molecule has 1 unspecified atom stereocenters. The van der Waals surface area contributed by atoms with Gasteiger partial charge in [-0.05, 0) is 11.6 Å². The van der Waals surface area contributed by atoms with E-state index in [2.05, 4.69) is 16.5 Å². The monoisotopic (exact) mass is 178 g/mol. The van der Waals surface area contributed by atoms with Gasteiger partial charge < -0.3 is 11.1 Å². The van der Waals surface area contributed by atoms with Gasteiger partial charge in [0, 0.05) is 32.4 Å². The second-order valence-electron chi connectivity index (χ2n) is 3.33. The van der Waals surface area contributed by atoms with Gasteiger partial charge in [0.2, 0.25) is 0 Å². The summed E-state index contributed by atoms with van der Waals surface area (Å²) >= 11 is 0. The van der Waals surface area contributed by atoms with E-state index in [9.17, 15) is 0 Å². The maximum absolute atomic E-state index is 5.81. The summed E-state index contributed by atoms with van der Waals surface area (Å²) < 4.78 is 1.87. The molecule has 0 saturated carbocycles. The van der Waals surface area contributed by atoms with Crippen LogP contribution in [0.25, 0.3) is 5.57 Å². The number of nitrogens with one attached hydrogen (secondary N) is 1. The van der Waals surface area contributed by atoms with Crippen molar-refractivity contribution in [2.45, 2.75) is 6.04 Å². The Balaban J connectivity index is 2.30. The van der Waals surface area contributed by atoms with E-state index in [0.29, 0.717) is 0 Å². The van der Waals surface area contributed by atoms with Crippen molar-refractivity contribution < 1.29 is 0 Å². The molecule has 0 aliphatic carbocycles. The van der Waals surface area contributed by atoms with Crippen LogP contribution in [0.5, 0.6) is 0 Å². The van der Waals surface area contributed by atoms with Crippen LogP contribution in [0, 0.1) is 0 Å². The van der Waals surface area contributed by atoms with Gasteiger partial charge in [-0.25, -0.2) is 0 Å². The van der Waals surface area contributed by atoms with Crippen molar-refractivity contribution in [3.8, 4) is 0 Å². The standard InChI is InChI=1S/C9H14N4/c1-13-9(2-3-12-13)7-4-8(10)6-11-5-7/h2-4,8,11H,5-6,10H2,1H3. The van der Waals surface area contributed by atoms with Crippen molar-refractivity contribution in [3.63, 3.8) is 0 Å². The lowest BCUT2D eigenvalue weighted by Gasteiger charge is -2.19. The number of hydrogen-bond donors (Lipinski definition) is 2. The maximum Gasteiger partial charge on any atom is 0.0648 e. The van der Waals surface area contributed by atoms with Crippen LogP contribution in [0.2, 0.25) is 0 Å². The highest BCUT2D eigenvalue weighted by atomic mass is 15.3. The SMILES string of the molecule is Cn1nccc1C1=CC(N)CNC1. The second-order valence-corrected chi connectivity index (χ2v) is 3.33. The molecule has 2 rings (SSSR count). The minimum atomic E-state index is 0.124. The number of nitrogens with zero attached hydrogens (tertiary/aromatic N) is 2. The van der Waals surface area contributed by atoms with Gasteiger partial charge in [-0.3, -0.25) is 4.68 Å². The molecule has 0 radical (unpaired) electrons. The van der Waals surface area contributed by atoms with Gasteiger partial charge in [0.1, 0.15) is 0 Å². The molecule has 0 amide bonds. The van der Waals surface area contributed by atoms with Crippen molar-refractivity contribution in [1.82, 2.24) is 15.1 Å². The second kappa shape index (κ2) is 3.32. The van der Waals surface area contributed by atoms with Crippen molar-refractivity contribution in [3.05, 3.63) is 24.0 Å². The fraction of sp³-hybridized carbons (Fsp3) is 0.444. The Morgan fingerprint density at radius 3 is 3.15 bits per heavy atom. The van der Waals surface area contributed by atoms with Gasteiger partial charge in [-0.1, -0.05) is 6.08 Å². The van der Waals surface area contributed by atoms with Crippen LogP contribution >= 0.6 is 0 Å². The third kappa shape index (κ3) is 1.64. The van der Waals surface area contributed by atoms with E-state index in [1.54, 1.807) is 6.20 Å². The first-order chi connectivity index (χ1) is 6.27. The molecule has 13 heavy (non-hydrogen) atoms. The average molecular weight is 178 g/mol. The van der Waals surface area contributed by atoms with Crippen molar-refractivity contribution in [1.29, 1.82) is 0 Å². The summed E-state index contributed by atoms with van der Waals surface area (Å²) in [6.45, 7) is 1.74. The van der Waals surface area contributed by atoms with Gasteiger partial charge in [0.25, 0.3) is 0 Å². The van der Waals surface area contributed by atoms with Crippen LogP contribution in [0.4, 0.5) is 0 Å². The van der Waals surface area contributed by atoms with E-state index in [1.165, 1.54) is 5.57 Å². The molecule has 0 bridgehead atoms. The minimum absolute atomic E-state index is 0.124. The summed E-state index contributed by atoms with van der Waals surface area (Å²) in [5.74, 6) is 0. The van der Waals surface area contributed by atoms with Crippen LogP contribution in [0.15, 0.2) is 18.3 Å². The average Bonchev–Trinajstić information content (AvgIpc) is 2.51. The van der Waals surface area contributed by atoms with Crippen LogP contribution in [-0.2, 0) is 7.05 Å². The van der Waals surface area contributed by atoms with Crippen molar-refractivity contribution >= 4 is 5.57 Å². The van der Waals surface area contributed by atoms with E-state index < -0.39 is 0 Å². The zero-order valence-corrected chi connectivity index (χ0v) is 7.70. The molecule has 0 saturated heterocycles. The quantitative estimate of drug-likeness (QED) is 0.622. The highest BCUT2D eigenvalue weighted by molar-refractivity contribution is 5.65. The molecule has 1 aromatic heterocycles. The molecule has 1 atom stereocenters. The summed E-state index contributed by atoms with van der Waals surface area (Å²) in [4.78, 5) is 0. The lowest BCUT2D eigenvalue weighted by Crippen LogP contribution is -2.37. The van der Waals surface area contributed by atoms with Crippen LogP contribution in [0.1, 0.15) is 5.69 Å².